The molecule has 0 radical (unpaired) electrons. The highest BCUT2D eigenvalue weighted by Gasteiger charge is 2.27. The topological polar surface area (TPSA) is 62.9 Å². The highest BCUT2D eigenvalue weighted by Crippen LogP contribution is 2.36. The molecule has 1 unspecified atom stereocenters. The summed E-state index contributed by atoms with van der Waals surface area (Å²) in [6.07, 6.45) is 2.07. The van der Waals surface area contributed by atoms with Gasteiger partial charge in [0.2, 0.25) is 5.75 Å². The summed E-state index contributed by atoms with van der Waals surface area (Å²) in [6, 6.07) is 7.35. The molecule has 112 valence electrons. The van der Waals surface area contributed by atoms with Crippen molar-refractivity contribution in [3.8, 4) is 5.75 Å². The SMILES string of the molecule is CCOc1c(N2CCCCC2O)c2ccccc2oc1=O. The number of benzene rings is 1. The van der Waals surface area contributed by atoms with Crippen LogP contribution in [0.1, 0.15) is 26.2 Å². The maximum atomic E-state index is 12.2. The maximum Gasteiger partial charge on any atom is 0.381 e. The van der Waals surface area contributed by atoms with Gasteiger partial charge in [-0.3, -0.25) is 0 Å². The van der Waals surface area contributed by atoms with Crippen LogP contribution in [-0.2, 0) is 0 Å². The van der Waals surface area contributed by atoms with E-state index in [0.717, 1.165) is 18.2 Å². The molecule has 0 amide bonds. The zero-order valence-corrected chi connectivity index (χ0v) is 12.0. The molecular weight excluding hydrogens is 270 g/mol. The third-order valence-electron chi connectivity index (χ3n) is 3.79. The fourth-order valence-corrected chi connectivity index (χ4v) is 2.85. The Labute approximate surface area is 122 Å². The van der Waals surface area contributed by atoms with Crippen LogP contribution >= 0.6 is 0 Å². The smallest absolute Gasteiger partial charge is 0.381 e. The number of aliphatic hydroxyl groups excluding tert-OH is 1. The third kappa shape index (κ3) is 2.49. The zero-order valence-electron chi connectivity index (χ0n) is 12.0. The highest BCUT2D eigenvalue weighted by atomic mass is 16.5. The molecule has 21 heavy (non-hydrogen) atoms. The molecular formula is C16H19NO4. The zero-order chi connectivity index (χ0) is 14.8. The molecule has 1 aromatic heterocycles. The molecule has 2 heterocycles. The molecule has 1 aromatic carbocycles. The van der Waals surface area contributed by atoms with Gasteiger partial charge in [0, 0.05) is 11.9 Å². The van der Waals surface area contributed by atoms with Crippen molar-refractivity contribution in [3.63, 3.8) is 0 Å². The van der Waals surface area contributed by atoms with Crippen molar-refractivity contribution in [2.75, 3.05) is 18.1 Å². The molecule has 1 aliphatic heterocycles. The summed E-state index contributed by atoms with van der Waals surface area (Å²) in [5.41, 5.74) is 0.665. The molecule has 2 aromatic rings. The number of piperidine rings is 1. The first kappa shape index (κ1) is 13.9. The van der Waals surface area contributed by atoms with Gasteiger partial charge in [0.05, 0.1) is 6.61 Å². The lowest BCUT2D eigenvalue weighted by molar-refractivity contribution is 0.139. The van der Waals surface area contributed by atoms with E-state index in [9.17, 15) is 9.90 Å². The summed E-state index contributed by atoms with van der Waals surface area (Å²) in [6.45, 7) is 2.90. The van der Waals surface area contributed by atoms with Gasteiger partial charge < -0.3 is 19.2 Å². The Hall–Kier alpha value is -2.01. The lowest BCUT2D eigenvalue weighted by Gasteiger charge is -2.35. The highest BCUT2D eigenvalue weighted by molar-refractivity contribution is 5.93. The van der Waals surface area contributed by atoms with E-state index in [-0.39, 0.29) is 5.75 Å². The molecule has 5 heteroatoms. The number of aliphatic hydroxyl groups is 1. The van der Waals surface area contributed by atoms with Crippen LogP contribution in [0.3, 0.4) is 0 Å². The molecule has 0 saturated carbocycles. The number of hydrogen-bond acceptors (Lipinski definition) is 5. The van der Waals surface area contributed by atoms with Crippen LogP contribution in [0.2, 0.25) is 0 Å². The minimum atomic E-state index is -0.594. The van der Waals surface area contributed by atoms with Crippen LogP contribution in [-0.4, -0.2) is 24.5 Å². The van der Waals surface area contributed by atoms with Crippen molar-refractivity contribution in [2.24, 2.45) is 0 Å². The minimum Gasteiger partial charge on any atom is -0.485 e. The second kappa shape index (κ2) is 5.77. The standard InChI is InChI=1S/C16H19NO4/c1-2-20-15-14(17-10-6-5-9-13(17)18)11-7-3-4-8-12(11)21-16(15)19/h3-4,7-8,13,18H,2,5-6,9-10H2,1H3. The monoisotopic (exact) mass is 289 g/mol. The summed E-state index contributed by atoms with van der Waals surface area (Å²) in [5, 5.41) is 11.1. The fraction of sp³-hybridized carbons (Fsp3) is 0.438. The van der Waals surface area contributed by atoms with Gasteiger partial charge in [0.15, 0.2) is 0 Å². The normalized spacial score (nSPS) is 19.0. The number of ether oxygens (including phenoxy) is 1. The van der Waals surface area contributed by atoms with Gasteiger partial charge in [-0.2, -0.15) is 0 Å². The van der Waals surface area contributed by atoms with Gasteiger partial charge in [0.1, 0.15) is 17.5 Å². The molecule has 0 aliphatic carbocycles. The first-order valence-electron chi connectivity index (χ1n) is 7.35. The van der Waals surface area contributed by atoms with Crippen molar-refractivity contribution < 1.29 is 14.3 Å². The van der Waals surface area contributed by atoms with Crippen molar-refractivity contribution in [1.29, 1.82) is 0 Å². The quantitative estimate of drug-likeness (QED) is 0.880. The van der Waals surface area contributed by atoms with E-state index < -0.39 is 11.9 Å². The second-order valence-corrected chi connectivity index (χ2v) is 5.17. The van der Waals surface area contributed by atoms with E-state index in [1.54, 1.807) is 6.07 Å². The summed E-state index contributed by atoms with van der Waals surface area (Å²) in [4.78, 5) is 14.0. The average Bonchev–Trinajstić information content (AvgIpc) is 2.49. The first-order chi connectivity index (χ1) is 10.2. The van der Waals surface area contributed by atoms with Crippen LogP contribution in [0.5, 0.6) is 5.75 Å². The summed E-state index contributed by atoms with van der Waals surface area (Å²) in [5.74, 6) is 0.192. The molecule has 1 N–H and O–H groups in total. The lowest BCUT2D eigenvalue weighted by Crippen LogP contribution is -2.40. The van der Waals surface area contributed by atoms with Crippen LogP contribution in [0.25, 0.3) is 11.0 Å². The van der Waals surface area contributed by atoms with Gasteiger partial charge in [-0.15, -0.1) is 0 Å². The predicted octanol–water partition coefficient (Wildman–Crippen LogP) is 2.50. The molecule has 1 saturated heterocycles. The van der Waals surface area contributed by atoms with E-state index in [1.165, 1.54) is 0 Å². The minimum absolute atomic E-state index is 0.192. The van der Waals surface area contributed by atoms with Gasteiger partial charge in [-0.25, -0.2) is 4.79 Å². The van der Waals surface area contributed by atoms with Gasteiger partial charge in [-0.05, 0) is 38.3 Å². The average molecular weight is 289 g/mol. The van der Waals surface area contributed by atoms with E-state index in [0.29, 0.717) is 30.8 Å². The summed E-state index contributed by atoms with van der Waals surface area (Å²) < 4.78 is 10.8. The number of hydrogen-bond donors (Lipinski definition) is 1. The molecule has 0 spiro atoms. The Kier molecular flexibility index (Phi) is 3.84. The van der Waals surface area contributed by atoms with Gasteiger partial charge >= 0.3 is 5.63 Å². The first-order valence-corrected chi connectivity index (χ1v) is 7.35. The molecule has 3 rings (SSSR count). The van der Waals surface area contributed by atoms with Crippen molar-refractivity contribution >= 4 is 16.7 Å². The summed E-state index contributed by atoms with van der Waals surface area (Å²) in [7, 11) is 0. The number of rotatable bonds is 3. The second-order valence-electron chi connectivity index (χ2n) is 5.17. The van der Waals surface area contributed by atoms with Crippen molar-refractivity contribution in [3.05, 3.63) is 34.7 Å². The Morgan fingerprint density at radius 2 is 2.19 bits per heavy atom. The number of para-hydroxylation sites is 1. The summed E-state index contributed by atoms with van der Waals surface area (Å²) >= 11 is 0. The largest absolute Gasteiger partial charge is 0.485 e. The van der Waals surface area contributed by atoms with E-state index in [2.05, 4.69) is 0 Å². The molecule has 1 fully saturated rings. The molecule has 0 bridgehead atoms. The molecule has 1 aliphatic rings. The Balaban J connectivity index is 2.25. The number of anilines is 1. The van der Waals surface area contributed by atoms with Crippen LogP contribution in [0.4, 0.5) is 5.69 Å². The van der Waals surface area contributed by atoms with Crippen LogP contribution < -0.4 is 15.3 Å². The van der Waals surface area contributed by atoms with Gasteiger partial charge in [0.25, 0.3) is 0 Å². The lowest BCUT2D eigenvalue weighted by atomic mass is 10.1. The predicted molar refractivity (Wildman–Crippen MR) is 80.9 cm³/mol. The van der Waals surface area contributed by atoms with E-state index >= 15 is 0 Å². The van der Waals surface area contributed by atoms with Gasteiger partial charge in [-0.1, -0.05) is 12.1 Å². The number of fused-ring (bicyclic) bond motifs is 1. The Morgan fingerprint density at radius 3 is 2.95 bits per heavy atom. The molecule has 1 atom stereocenters. The van der Waals surface area contributed by atoms with Crippen LogP contribution in [0.15, 0.2) is 33.5 Å². The third-order valence-corrected chi connectivity index (χ3v) is 3.79. The maximum absolute atomic E-state index is 12.2. The van der Waals surface area contributed by atoms with Crippen molar-refractivity contribution in [2.45, 2.75) is 32.4 Å². The van der Waals surface area contributed by atoms with Crippen molar-refractivity contribution in [1.82, 2.24) is 0 Å². The number of nitrogens with zero attached hydrogens (tertiary/aromatic N) is 1. The van der Waals surface area contributed by atoms with Crippen LogP contribution in [0, 0.1) is 0 Å². The molecule has 5 nitrogen and oxygen atoms in total. The van der Waals surface area contributed by atoms with E-state index in [1.807, 2.05) is 30.0 Å². The van der Waals surface area contributed by atoms with E-state index in [4.69, 9.17) is 9.15 Å². The fourth-order valence-electron chi connectivity index (χ4n) is 2.85. The Bertz CT molecular complexity index is 694. The Morgan fingerprint density at radius 1 is 1.38 bits per heavy atom.